The van der Waals surface area contributed by atoms with Gasteiger partial charge in [0.15, 0.2) is 0 Å². The number of anilines is 3. The summed E-state index contributed by atoms with van der Waals surface area (Å²) < 4.78 is 31.6. The molecule has 1 aromatic rings. The summed E-state index contributed by atoms with van der Waals surface area (Å²) >= 11 is 0. The van der Waals surface area contributed by atoms with Gasteiger partial charge in [0.1, 0.15) is 0 Å². The second-order valence-corrected chi connectivity index (χ2v) is 4.79. The Kier molecular flexibility index (Phi) is 9.51. The Balaban J connectivity index is 0.000000841. The molecular formula is C11H20N6O5S. The summed E-state index contributed by atoms with van der Waals surface area (Å²) in [6.07, 6.45) is 6.16. The molecular weight excluding hydrogens is 328 g/mol. The zero-order valence-corrected chi connectivity index (χ0v) is 13.8. The van der Waals surface area contributed by atoms with Crippen LogP contribution in [0.15, 0.2) is 0 Å². The highest BCUT2D eigenvalue weighted by Gasteiger charge is 2.09. The largest absolute Gasteiger partial charge is 0.394 e. The summed E-state index contributed by atoms with van der Waals surface area (Å²) in [6.45, 7) is 3.20. The van der Waals surface area contributed by atoms with E-state index in [0.717, 1.165) is 13.0 Å². The van der Waals surface area contributed by atoms with Crippen molar-refractivity contribution in [3.63, 3.8) is 0 Å². The van der Waals surface area contributed by atoms with E-state index in [2.05, 4.69) is 38.4 Å². The first kappa shape index (κ1) is 20.8. The first-order valence-corrected chi connectivity index (χ1v) is 7.76. The van der Waals surface area contributed by atoms with Gasteiger partial charge in [0, 0.05) is 13.6 Å². The van der Waals surface area contributed by atoms with Crippen LogP contribution in [0.2, 0.25) is 0 Å². The minimum atomic E-state index is -4.67. The fourth-order valence-electron chi connectivity index (χ4n) is 1.11. The molecule has 1 rings (SSSR count). The number of nitrogens with one attached hydrogen (secondary N) is 2. The topological polar surface area (TPSA) is 150 Å². The van der Waals surface area contributed by atoms with Gasteiger partial charge >= 0.3 is 10.4 Å². The van der Waals surface area contributed by atoms with Crippen molar-refractivity contribution in [1.82, 2.24) is 15.0 Å². The van der Waals surface area contributed by atoms with Crippen LogP contribution < -0.4 is 15.7 Å². The molecule has 1 aromatic heterocycles. The molecule has 0 aliphatic heterocycles. The molecule has 130 valence electrons. The Labute approximate surface area is 135 Å². The Morgan fingerprint density at radius 2 is 1.78 bits per heavy atom. The van der Waals surface area contributed by atoms with Gasteiger partial charge in [-0.1, -0.05) is 12.8 Å². The smallest absolute Gasteiger partial charge is 0.354 e. The van der Waals surface area contributed by atoms with Crippen molar-refractivity contribution in [3.8, 4) is 12.3 Å². The van der Waals surface area contributed by atoms with Crippen LogP contribution in [0.1, 0.15) is 13.3 Å². The summed E-state index contributed by atoms with van der Waals surface area (Å²) in [5.41, 5.74) is 0. The first-order valence-electron chi connectivity index (χ1n) is 6.36. The van der Waals surface area contributed by atoms with E-state index in [1.54, 1.807) is 7.05 Å². The second kappa shape index (κ2) is 10.5. The van der Waals surface area contributed by atoms with Crippen molar-refractivity contribution >= 4 is 28.2 Å². The minimum absolute atomic E-state index is 0.355. The van der Waals surface area contributed by atoms with E-state index in [1.165, 1.54) is 12.2 Å². The van der Waals surface area contributed by atoms with Gasteiger partial charge in [0.05, 0.1) is 13.7 Å². The van der Waals surface area contributed by atoms with Gasteiger partial charge in [-0.2, -0.15) is 23.4 Å². The van der Waals surface area contributed by atoms with Crippen LogP contribution in [0.3, 0.4) is 0 Å². The summed E-state index contributed by atoms with van der Waals surface area (Å²) in [4.78, 5) is 17.7. The molecule has 0 aromatic carbocycles. The SMILES string of the molecule is C#CCNc1nc(NCCC)nc(N(C)OC)n1.O=S(=O)(O)O. The average molecular weight is 348 g/mol. The molecule has 0 atom stereocenters. The van der Waals surface area contributed by atoms with Crippen LogP contribution in [0, 0.1) is 12.3 Å². The number of hydrogen-bond donors (Lipinski definition) is 4. The zero-order chi connectivity index (χ0) is 17.9. The van der Waals surface area contributed by atoms with Crippen LogP contribution in [0.5, 0.6) is 0 Å². The molecule has 0 amide bonds. The van der Waals surface area contributed by atoms with E-state index < -0.39 is 10.4 Å². The van der Waals surface area contributed by atoms with Crippen molar-refractivity contribution in [2.45, 2.75) is 13.3 Å². The average Bonchev–Trinajstić information content (AvgIpc) is 2.48. The van der Waals surface area contributed by atoms with Gasteiger partial charge in [-0.05, 0) is 6.42 Å². The van der Waals surface area contributed by atoms with Crippen molar-refractivity contribution in [1.29, 1.82) is 0 Å². The summed E-state index contributed by atoms with van der Waals surface area (Å²) in [6, 6.07) is 0. The Hall–Kier alpha value is -2.20. The van der Waals surface area contributed by atoms with Crippen molar-refractivity contribution in [2.75, 3.05) is 42.9 Å². The normalized spacial score (nSPS) is 10.1. The molecule has 0 unspecified atom stereocenters. The van der Waals surface area contributed by atoms with E-state index in [1.807, 2.05) is 0 Å². The van der Waals surface area contributed by atoms with Crippen molar-refractivity contribution < 1.29 is 22.4 Å². The fourth-order valence-corrected chi connectivity index (χ4v) is 1.11. The van der Waals surface area contributed by atoms with E-state index in [0.29, 0.717) is 24.4 Å². The second-order valence-electron chi connectivity index (χ2n) is 3.89. The van der Waals surface area contributed by atoms with Crippen molar-refractivity contribution in [2.24, 2.45) is 0 Å². The molecule has 0 saturated heterocycles. The highest BCUT2D eigenvalue weighted by atomic mass is 32.3. The lowest BCUT2D eigenvalue weighted by atomic mass is 10.5. The number of terminal acetylenes is 1. The van der Waals surface area contributed by atoms with Crippen LogP contribution in [0.25, 0.3) is 0 Å². The van der Waals surface area contributed by atoms with Gasteiger partial charge < -0.3 is 10.6 Å². The van der Waals surface area contributed by atoms with Crippen LogP contribution >= 0.6 is 0 Å². The third-order valence-corrected chi connectivity index (χ3v) is 2.06. The fraction of sp³-hybridized carbons (Fsp3) is 0.545. The first-order chi connectivity index (χ1) is 10.7. The molecule has 1 heterocycles. The predicted octanol–water partition coefficient (Wildman–Crippen LogP) is 0.0834. The zero-order valence-electron chi connectivity index (χ0n) is 13.0. The van der Waals surface area contributed by atoms with Crippen LogP contribution in [-0.2, 0) is 15.2 Å². The molecule has 0 radical (unpaired) electrons. The summed E-state index contributed by atoms with van der Waals surface area (Å²) in [5, 5.41) is 7.45. The number of rotatable bonds is 7. The van der Waals surface area contributed by atoms with Gasteiger partial charge in [-0.15, -0.1) is 6.42 Å². The van der Waals surface area contributed by atoms with E-state index >= 15 is 0 Å². The number of nitrogens with zero attached hydrogens (tertiary/aromatic N) is 4. The molecule has 4 N–H and O–H groups in total. The quantitative estimate of drug-likeness (QED) is 0.301. The highest BCUT2D eigenvalue weighted by molar-refractivity contribution is 7.79. The van der Waals surface area contributed by atoms with Crippen molar-refractivity contribution in [3.05, 3.63) is 0 Å². The number of hydroxylamine groups is 1. The lowest BCUT2D eigenvalue weighted by Gasteiger charge is -2.15. The lowest BCUT2D eigenvalue weighted by Crippen LogP contribution is -2.20. The van der Waals surface area contributed by atoms with E-state index in [-0.39, 0.29) is 0 Å². The molecule has 23 heavy (non-hydrogen) atoms. The molecule has 0 aliphatic carbocycles. The summed E-state index contributed by atoms with van der Waals surface area (Å²) in [7, 11) is -1.42. The Bertz CT molecular complexity index is 610. The minimum Gasteiger partial charge on any atom is -0.354 e. The van der Waals surface area contributed by atoms with Crippen LogP contribution in [-0.4, -0.2) is 59.7 Å². The third-order valence-electron chi connectivity index (χ3n) is 2.06. The monoisotopic (exact) mass is 348 g/mol. The molecule has 12 heteroatoms. The predicted molar refractivity (Wildman–Crippen MR) is 85.5 cm³/mol. The maximum atomic E-state index is 8.74. The van der Waals surface area contributed by atoms with Gasteiger partial charge in [-0.3, -0.25) is 13.9 Å². The maximum Gasteiger partial charge on any atom is 0.394 e. The summed E-state index contributed by atoms with van der Waals surface area (Å²) in [5.74, 6) is 3.78. The molecule has 0 saturated carbocycles. The lowest BCUT2D eigenvalue weighted by molar-refractivity contribution is 0.180. The third kappa shape index (κ3) is 11.1. The number of aromatic nitrogens is 3. The van der Waals surface area contributed by atoms with Gasteiger partial charge in [0.25, 0.3) is 5.95 Å². The Morgan fingerprint density at radius 1 is 1.26 bits per heavy atom. The van der Waals surface area contributed by atoms with Gasteiger partial charge in [0.2, 0.25) is 11.9 Å². The van der Waals surface area contributed by atoms with Gasteiger partial charge in [-0.25, -0.2) is 5.06 Å². The molecule has 0 spiro atoms. The Morgan fingerprint density at radius 3 is 2.22 bits per heavy atom. The van der Waals surface area contributed by atoms with Crippen LogP contribution in [0.4, 0.5) is 17.8 Å². The molecule has 11 nitrogen and oxygen atoms in total. The molecule has 0 fully saturated rings. The van der Waals surface area contributed by atoms with E-state index in [9.17, 15) is 0 Å². The standard InChI is InChI=1S/C11H18N6O.H2O4S/c1-5-7-12-9-14-10(13-8-6-2)16-11(15-9)17(3)18-4;1-5(2,3)4/h1H,6-8H2,2-4H3,(H2,12,13,14,15,16);(H2,1,2,3,4). The molecule has 0 aliphatic rings. The maximum absolute atomic E-state index is 8.74. The number of hydrogen-bond acceptors (Lipinski definition) is 9. The highest BCUT2D eigenvalue weighted by Crippen LogP contribution is 2.12. The van der Waals surface area contributed by atoms with E-state index in [4.69, 9.17) is 28.8 Å². The molecule has 0 bridgehead atoms.